The monoisotopic (exact) mass is 291 g/mol. The quantitative estimate of drug-likeness (QED) is 0.678. The molecule has 0 saturated carbocycles. The number of rotatable bonds is 3. The fourth-order valence-electron chi connectivity index (χ4n) is 2.25. The SMILES string of the molecule is O=C(NCCc1ccc(O)cc1)C(=O)N1CCCNCC1. The molecule has 1 aliphatic heterocycles. The van der Waals surface area contributed by atoms with Crippen LogP contribution < -0.4 is 10.6 Å². The number of phenols is 1. The molecular formula is C15H21N3O3. The van der Waals surface area contributed by atoms with E-state index in [1.165, 1.54) is 0 Å². The van der Waals surface area contributed by atoms with Gasteiger partial charge in [-0.2, -0.15) is 0 Å². The van der Waals surface area contributed by atoms with Gasteiger partial charge in [0.15, 0.2) is 0 Å². The van der Waals surface area contributed by atoms with Crippen molar-refractivity contribution in [1.29, 1.82) is 0 Å². The third kappa shape index (κ3) is 4.75. The van der Waals surface area contributed by atoms with E-state index in [0.29, 0.717) is 26.1 Å². The van der Waals surface area contributed by atoms with Gasteiger partial charge in [-0.15, -0.1) is 0 Å². The molecule has 1 saturated heterocycles. The van der Waals surface area contributed by atoms with Gasteiger partial charge >= 0.3 is 11.8 Å². The Morgan fingerprint density at radius 3 is 2.71 bits per heavy atom. The number of nitrogens with zero attached hydrogens (tertiary/aromatic N) is 1. The normalized spacial score (nSPS) is 15.3. The highest BCUT2D eigenvalue weighted by molar-refractivity contribution is 6.35. The first-order valence-corrected chi connectivity index (χ1v) is 7.22. The molecule has 1 aromatic carbocycles. The van der Waals surface area contributed by atoms with Crippen molar-refractivity contribution in [2.24, 2.45) is 0 Å². The standard InChI is InChI=1S/C15H21N3O3/c19-13-4-2-12(3-5-13)6-8-17-14(20)15(21)18-10-1-7-16-9-11-18/h2-5,16,19H,1,6-11H2,(H,17,20). The van der Waals surface area contributed by atoms with Crippen LogP contribution in [0.4, 0.5) is 0 Å². The van der Waals surface area contributed by atoms with E-state index < -0.39 is 11.8 Å². The molecule has 21 heavy (non-hydrogen) atoms. The molecule has 1 heterocycles. The van der Waals surface area contributed by atoms with Crippen molar-refractivity contribution >= 4 is 11.8 Å². The number of nitrogens with one attached hydrogen (secondary N) is 2. The minimum Gasteiger partial charge on any atom is -0.508 e. The van der Waals surface area contributed by atoms with Crippen molar-refractivity contribution in [1.82, 2.24) is 15.5 Å². The molecule has 0 bridgehead atoms. The first-order valence-electron chi connectivity index (χ1n) is 7.22. The van der Waals surface area contributed by atoms with Crippen LogP contribution in [0.25, 0.3) is 0 Å². The summed E-state index contributed by atoms with van der Waals surface area (Å²) >= 11 is 0. The zero-order chi connectivity index (χ0) is 15.1. The van der Waals surface area contributed by atoms with Gasteiger partial charge in [0.2, 0.25) is 0 Å². The number of phenolic OH excluding ortho intramolecular Hbond substituents is 1. The molecule has 6 heteroatoms. The lowest BCUT2D eigenvalue weighted by Crippen LogP contribution is -2.44. The first-order chi connectivity index (χ1) is 10.2. The zero-order valence-corrected chi connectivity index (χ0v) is 12.0. The van der Waals surface area contributed by atoms with Gasteiger partial charge in [-0.25, -0.2) is 0 Å². The van der Waals surface area contributed by atoms with Crippen LogP contribution in [0.3, 0.4) is 0 Å². The second kappa shape index (κ2) is 7.64. The molecule has 1 aromatic rings. The number of carbonyl (C=O) groups is 2. The molecule has 0 unspecified atom stereocenters. The lowest BCUT2D eigenvalue weighted by Gasteiger charge is -2.19. The van der Waals surface area contributed by atoms with Crippen LogP contribution in [-0.2, 0) is 16.0 Å². The summed E-state index contributed by atoms with van der Waals surface area (Å²) in [5.74, 6) is -0.784. The molecule has 0 aromatic heterocycles. The lowest BCUT2D eigenvalue weighted by atomic mass is 10.1. The van der Waals surface area contributed by atoms with Crippen LogP contribution in [0, 0.1) is 0 Å². The summed E-state index contributed by atoms with van der Waals surface area (Å²) in [7, 11) is 0. The van der Waals surface area contributed by atoms with Crippen LogP contribution in [0.5, 0.6) is 5.75 Å². The molecule has 0 aliphatic carbocycles. The van der Waals surface area contributed by atoms with Gasteiger partial charge in [0.05, 0.1) is 0 Å². The van der Waals surface area contributed by atoms with E-state index in [4.69, 9.17) is 0 Å². The maximum absolute atomic E-state index is 12.0. The molecule has 0 radical (unpaired) electrons. The number of benzene rings is 1. The second-order valence-electron chi connectivity index (χ2n) is 5.07. The van der Waals surface area contributed by atoms with Gasteiger partial charge in [-0.1, -0.05) is 12.1 Å². The fourth-order valence-corrected chi connectivity index (χ4v) is 2.25. The van der Waals surface area contributed by atoms with Crippen molar-refractivity contribution in [2.75, 3.05) is 32.7 Å². The van der Waals surface area contributed by atoms with E-state index in [9.17, 15) is 14.7 Å². The van der Waals surface area contributed by atoms with E-state index in [1.54, 1.807) is 29.2 Å². The van der Waals surface area contributed by atoms with E-state index in [0.717, 1.165) is 25.1 Å². The van der Waals surface area contributed by atoms with E-state index in [1.807, 2.05) is 0 Å². The maximum atomic E-state index is 12.0. The molecule has 2 amide bonds. The van der Waals surface area contributed by atoms with E-state index in [-0.39, 0.29) is 5.75 Å². The Balaban J connectivity index is 1.75. The molecule has 114 valence electrons. The average Bonchev–Trinajstić information content (AvgIpc) is 2.77. The maximum Gasteiger partial charge on any atom is 0.311 e. The third-order valence-electron chi connectivity index (χ3n) is 3.46. The summed E-state index contributed by atoms with van der Waals surface area (Å²) in [6, 6.07) is 6.80. The highest BCUT2D eigenvalue weighted by atomic mass is 16.3. The van der Waals surface area contributed by atoms with Crippen molar-refractivity contribution < 1.29 is 14.7 Å². The summed E-state index contributed by atoms with van der Waals surface area (Å²) in [5, 5.41) is 15.0. The Morgan fingerprint density at radius 1 is 1.19 bits per heavy atom. The molecular weight excluding hydrogens is 270 g/mol. The molecule has 0 spiro atoms. The second-order valence-corrected chi connectivity index (χ2v) is 5.07. The fraction of sp³-hybridized carbons (Fsp3) is 0.467. The van der Waals surface area contributed by atoms with Crippen LogP contribution in [0.15, 0.2) is 24.3 Å². The Bertz CT molecular complexity index is 479. The van der Waals surface area contributed by atoms with Gasteiger partial charge in [-0.3, -0.25) is 9.59 Å². The van der Waals surface area contributed by atoms with Gasteiger partial charge in [0.25, 0.3) is 0 Å². The zero-order valence-electron chi connectivity index (χ0n) is 12.0. The number of amides is 2. The Hall–Kier alpha value is -2.08. The van der Waals surface area contributed by atoms with E-state index in [2.05, 4.69) is 10.6 Å². The van der Waals surface area contributed by atoms with Gasteiger partial charge in [0, 0.05) is 26.2 Å². The van der Waals surface area contributed by atoms with Gasteiger partial charge in [-0.05, 0) is 37.1 Å². The lowest BCUT2D eigenvalue weighted by molar-refractivity contribution is -0.145. The summed E-state index contributed by atoms with van der Waals surface area (Å²) in [6.07, 6.45) is 1.49. The molecule has 6 nitrogen and oxygen atoms in total. The predicted molar refractivity (Wildman–Crippen MR) is 78.9 cm³/mol. The summed E-state index contributed by atoms with van der Waals surface area (Å²) in [5.41, 5.74) is 1.000. The van der Waals surface area contributed by atoms with Gasteiger partial charge in [0.1, 0.15) is 5.75 Å². The largest absolute Gasteiger partial charge is 0.508 e. The summed E-state index contributed by atoms with van der Waals surface area (Å²) < 4.78 is 0. The van der Waals surface area contributed by atoms with Crippen LogP contribution in [0.1, 0.15) is 12.0 Å². The average molecular weight is 291 g/mol. The number of carbonyl (C=O) groups excluding carboxylic acids is 2. The number of hydrogen-bond acceptors (Lipinski definition) is 4. The van der Waals surface area contributed by atoms with Crippen molar-refractivity contribution in [3.63, 3.8) is 0 Å². The van der Waals surface area contributed by atoms with Gasteiger partial charge < -0.3 is 20.6 Å². The Labute approximate surface area is 124 Å². The Morgan fingerprint density at radius 2 is 1.95 bits per heavy atom. The minimum absolute atomic E-state index is 0.215. The highest BCUT2D eigenvalue weighted by Gasteiger charge is 2.21. The molecule has 3 N–H and O–H groups in total. The topological polar surface area (TPSA) is 81.7 Å². The summed E-state index contributed by atoms with van der Waals surface area (Å²) in [4.78, 5) is 25.4. The highest BCUT2D eigenvalue weighted by Crippen LogP contribution is 2.09. The van der Waals surface area contributed by atoms with Crippen LogP contribution in [0.2, 0.25) is 0 Å². The predicted octanol–water partition coefficient (Wildman–Crippen LogP) is -0.127. The minimum atomic E-state index is -0.546. The van der Waals surface area contributed by atoms with Crippen molar-refractivity contribution in [2.45, 2.75) is 12.8 Å². The molecule has 2 rings (SSSR count). The van der Waals surface area contributed by atoms with Crippen molar-refractivity contribution in [3.05, 3.63) is 29.8 Å². The molecule has 0 atom stereocenters. The van der Waals surface area contributed by atoms with Crippen LogP contribution in [-0.4, -0.2) is 54.5 Å². The number of hydrogen-bond donors (Lipinski definition) is 3. The number of aromatic hydroxyl groups is 1. The third-order valence-corrected chi connectivity index (χ3v) is 3.46. The Kier molecular flexibility index (Phi) is 5.57. The van der Waals surface area contributed by atoms with Crippen LogP contribution >= 0.6 is 0 Å². The smallest absolute Gasteiger partial charge is 0.311 e. The van der Waals surface area contributed by atoms with E-state index >= 15 is 0 Å². The van der Waals surface area contributed by atoms with Crippen molar-refractivity contribution in [3.8, 4) is 5.75 Å². The summed E-state index contributed by atoms with van der Waals surface area (Å²) in [6.45, 7) is 3.21. The molecule has 1 fully saturated rings. The molecule has 1 aliphatic rings. The first kappa shape index (κ1) is 15.3.